The van der Waals surface area contributed by atoms with Crippen LogP contribution < -0.4 is 5.32 Å². The smallest absolute Gasteiger partial charge is 0.258 e. The Hall–Kier alpha value is -1.46. The summed E-state index contributed by atoms with van der Waals surface area (Å²) < 4.78 is 13.9. The molecule has 0 atom stereocenters. The topological polar surface area (TPSA) is 42.0 Å². The number of benzene rings is 1. The van der Waals surface area contributed by atoms with Gasteiger partial charge in [-0.3, -0.25) is 4.79 Å². The first-order valence-corrected chi connectivity index (χ1v) is 6.12. The maximum Gasteiger partial charge on any atom is 0.258 e. The molecule has 0 aliphatic heterocycles. The van der Waals surface area contributed by atoms with Gasteiger partial charge in [-0.1, -0.05) is 17.7 Å². The third-order valence-corrected chi connectivity index (χ3v) is 3.15. The molecule has 1 N–H and O–H groups in total. The Morgan fingerprint density at radius 3 is 2.78 bits per heavy atom. The van der Waals surface area contributed by atoms with Gasteiger partial charge in [-0.15, -0.1) is 0 Å². The van der Waals surface area contributed by atoms with Crippen LogP contribution in [-0.4, -0.2) is 10.9 Å². The number of rotatable bonds is 2. The largest absolute Gasteiger partial charge is 0.318 e. The number of para-hydroxylation sites is 1. The Morgan fingerprint density at radius 2 is 2.11 bits per heavy atom. The van der Waals surface area contributed by atoms with Crippen molar-refractivity contribution in [3.63, 3.8) is 0 Å². The summed E-state index contributed by atoms with van der Waals surface area (Å²) in [5.74, 6) is -1.07. The van der Waals surface area contributed by atoms with Crippen LogP contribution >= 0.6 is 27.5 Å². The van der Waals surface area contributed by atoms with E-state index < -0.39 is 11.7 Å². The predicted molar refractivity (Wildman–Crippen MR) is 71.3 cm³/mol. The maximum absolute atomic E-state index is 13.5. The lowest BCUT2D eigenvalue weighted by Gasteiger charge is -2.08. The second-order valence-electron chi connectivity index (χ2n) is 3.39. The fourth-order valence-electron chi connectivity index (χ4n) is 1.35. The summed E-state index contributed by atoms with van der Waals surface area (Å²) in [4.78, 5) is 15.8. The Kier molecular flexibility index (Phi) is 3.93. The van der Waals surface area contributed by atoms with E-state index in [2.05, 4.69) is 26.2 Å². The van der Waals surface area contributed by atoms with Crippen molar-refractivity contribution < 1.29 is 9.18 Å². The van der Waals surface area contributed by atoms with Gasteiger partial charge in [-0.2, -0.15) is 0 Å². The third kappa shape index (κ3) is 2.68. The normalized spacial score (nSPS) is 10.2. The summed E-state index contributed by atoms with van der Waals surface area (Å²) >= 11 is 8.97. The number of amides is 1. The lowest BCUT2D eigenvalue weighted by molar-refractivity contribution is 0.102. The molecule has 0 saturated heterocycles. The Balaban J connectivity index is 2.30. The minimum Gasteiger partial charge on any atom is -0.318 e. The van der Waals surface area contributed by atoms with Crippen LogP contribution in [0.1, 0.15) is 10.4 Å². The van der Waals surface area contributed by atoms with Crippen molar-refractivity contribution in [2.45, 2.75) is 0 Å². The zero-order valence-electron chi connectivity index (χ0n) is 8.95. The van der Waals surface area contributed by atoms with Gasteiger partial charge >= 0.3 is 0 Å². The first-order valence-electron chi connectivity index (χ1n) is 4.95. The molecule has 0 aliphatic carbocycles. The minimum atomic E-state index is -0.587. The van der Waals surface area contributed by atoms with Crippen molar-refractivity contribution in [3.8, 4) is 0 Å². The van der Waals surface area contributed by atoms with Gasteiger partial charge in [0.25, 0.3) is 5.91 Å². The van der Waals surface area contributed by atoms with Crippen LogP contribution in [-0.2, 0) is 0 Å². The summed E-state index contributed by atoms with van der Waals surface area (Å²) in [6.45, 7) is 0. The van der Waals surface area contributed by atoms with Crippen molar-refractivity contribution in [2.75, 3.05) is 5.32 Å². The van der Waals surface area contributed by atoms with Gasteiger partial charge in [0, 0.05) is 6.20 Å². The quantitative estimate of drug-likeness (QED) is 0.849. The van der Waals surface area contributed by atoms with Gasteiger partial charge in [0.1, 0.15) is 10.4 Å². The molecule has 18 heavy (non-hydrogen) atoms. The van der Waals surface area contributed by atoms with Gasteiger partial charge in [0.05, 0.1) is 16.3 Å². The van der Waals surface area contributed by atoms with E-state index in [9.17, 15) is 9.18 Å². The van der Waals surface area contributed by atoms with Gasteiger partial charge < -0.3 is 5.32 Å². The summed E-state index contributed by atoms with van der Waals surface area (Å²) in [5, 5.41) is 2.56. The zero-order chi connectivity index (χ0) is 13.1. The van der Waals surface area contributed by atoms with E-state index in [-0.39, 0.29) is 10.7 Å². The number of aromatic nitrogens is 1. The lowest BCUT2D eigenvalue weighted by atomic mass is 10.2. The summed E-state index contributed by atoms with van der Waals surface area (Å²) in [5.41, 5.74) is 0.261. The van der Waals surface area contributed by atoms with E-state index in [0.717, 1.165) is 0 Å². The van der Waals surface area contributed by atoms with Crippen molar-refractivity contribution >= 4 is 39.1 Å². The molecule has 1 aromatic carbocycles. The summed E-state index contributed by atoms with van der Waals surface area (Å²) in [6.07, 6.45) is 1.54. The molecule has 6 heteroatoms. The van der Waals surface area contributed by atoms with Crippen molar-refractivity contribution in [1.29, 1.82) is 0 Å². The number of halogens is 3. The highest BCUT2D eigenvalue weighted by Gasteiger charge is 2.14. The van der Waals surface area contributed by atoms with Gasteiger partial charge in [0.15, 0.2) is 0 Å². The molecular weight excluding hydrogens is 322 g/mol. The molecule has 92 valence electrons. The molecule has 0 bridgehead atoms. The molecule has 1 amide bonds. The molecular formula is C12H7BrClFN2O. The van der Waals surface area contributed by atoms with E-state index in [1.165, 1.54) is 24.4 Å². The highest BCUT2D eigenvalue weighted by atomic mass is 79.9. The predicted octanol–water partition coefficient (Wildman–Crippen LogP) is 3.89. The average Bonchev–Trinajstić information content (AvgIpc) is 2.34. The number of carbonyl (C=O) groups is 1. The first-order chi connectivity index (χ1) is 8.59. The number of nitrogens with zero attached hydrogens (tertiary/aromatic N) is 1. The standard InChI is InChI=1S/C12H7BrClFN2O/c13-11-7(3-2-6-16-11)12(18)17-10-8(14)4-1-5-9(10)15/h1-6H,(H,17,18). The van der Waals surface area contributed by atoms with Crippen LogP contribution in [0.5, 0.6) is 0 Å². The average molecular weight is 330 g/mol. The highest BCUT2D eigenvalue weighted by Crippen LogP contribution is 2.25. The Bertz CT molecular complexity index is 586. The van der Waals surface area contributed by atoms with Crippen molar-refractivity contribution in [3.05, 3.63) is 57.5 Å². The van der Waals surface area contributed by atoms with Crippen LogP contribution in [0.15, 0.2) is 41.1 Å². The van der Waals surface area contributed by atoms with Crippen LogP contribution in [0, 0.1) is 5.82 Å². The SMILES string of the molecule is O=C(Nc1c(F)cccc1Cl)c1cccnc1Br. The molecule has 0 unspecified atom stereocenters. The minimum absolute atomic E-state index is 0.0417. The molecule has 1 aromatic heterocycles. The van der Waals surface area contributed by atoms with E-state index in [1.807, 2.05) is 0 Å². The third-order valence-electron chi connectivity index (χ3n) is 2.21. The summed E-state index contributed by atoms with van der Waals surface area (Å²) in [6, 6.07) is 7.37. The number of nitrogens with one attached hydrogen (secondary N) is 1. The van der Waals surface area contributed by atoms with E-state index >= 15 is 0 Å². The molecule has 2 aromatic rings. The molecule has 3 nitrogen and oxygen atoms in total. The van der Waals surface area contributed by atoms with E-state index in [1.54, 1.807) is 12.1 Å². The van der Waals surface area contributed by atoms with Gasteiger partial charge in [-0.25, -0.2) is 9.37 Å². The number of carbonyl (C=O) groups excluding carboxylic acids is 1. The van der Waals surface area contributed by atoms with Gasteiger partial charge in [0.2, 0.25) is 0 Å². The molecule has 0 spiro atoms. The van der Waals surface area contributed by atoms with Crippen LogP contribution in [0.25, 0.3) is 0 Å². The van der Waals surface area contributed by atoms with Crippen molar-refractivity contribution in [1.82, 2.24) is 4.98 Å². The fourth-order valence-corrected chi connectivity index (χ4v) is 1.99. The van der Waals surface area contributed by atoms with Crippen LogP contribution in [0.3, 0.4) is 0 Å². The maximum atomic E-state index is 13.5. The first kappa shape index (κ1) is 13.0. The molecule has 1 heterocycles. The number of anilines is 1. The van der Waals surface area contributed by atoms with Gasteiger partial charge in [-0.05, 0) is 40.2 Å². The molecule has 0 aliphatic rings. The molecule has 2 rings (SSSR count). The summed E-state index contributed by atoms with van der Waals surface area (Å²) in [7, 11) is 0. The molecule has 0 radical (unpaired) electrons. The molecule has 0 saturated carbocycles. The van der Waals surface area contributed by atoms with E-state index in [0.29, 0.717) is 10.2 Å². The lowest BCUT2D eigenvalue weighted by Crippen LogP contribution is -2.14. The zero-order valence-corrected chi connectivity index (χ0v) is 11.3. The van der Waals surface area contributed by atoms with E-state index in [4.69, 9.17) is 11.6 Å². The molecule has 0 fully saturated rings. The second kappa shape index (κ2) is 5.46. The monoisotopic (exact) mass is 328 g/mol. The Morgan fingerprint density at radius 1 is 1.33 bits per heavy atom. The number of hydrogen-bond donors (Lipinski definition) is 1. The second-order valence-corrected chi connectivity index (χ2v) is 4.55. The van der Waals surface area contributed by atoms with Crippen molar-refractivity contribution in [2.24, 2.45) is 0 Å². The number of hydrogen-bond acceptors (Lipinski definition) is 2. The number of pyridine rings is 1. The van der Waals surface area contributed by atoms with Crippen LogP contribution in [0.4, 0.5) is 10.1 Å². The fraction of sp³-hybridized carbons (Fsp3) is 0. The highest BCUT2D eigenvalue weighted by molar-refractivity contribution is 9.10. The Labute approximate surface area is 116 Å². The van der Waals surface area contributed by atoms with Crippen LogP contribution in [0.2, 0.25) is 5.02 Å².